The van der Waals surface area contributed by atoms with E-state index in [1.165, 1.54) is 5.69 Å². The van der Waals surface area contributed by atoms with Gasteiger partial charge in [-0.25, -0.2) is 9.97 Å². The molecule has 156 valence electrons. The number of aromatic nitrogens is 2. The molecule has 0 radical (unpaired) electrons. The number of nitrogens with one attached hydrogen (secondary N) is 1. The molecule has 5 nitrogen and oxygen atoms in total. The molecule has 2 aromatic carbocycles. The lowest BCUT2D eigenvalue weighted by Crippen LogP contribution is -2.25. The van der Waals surface area contributed by atoms with Gasteiger partial charge in [-0.2, -0.15) is 0 Å². The Morgan fingerprint density at radius 2 is 1.87 bits per heavy atom. The number of ether oxygens (including phenoxy) is 1. The normalized spacial score (nSPS) is 15.9. The zero-order chi connectivity index (χ0) is 21.0. The summed E-state index contributed by atoms with van der Waals surface area (Å²) in [5.41, 5.74) is 3.31. The predicted octanol–water partition coefficient (Wildman–Crippen LogP) is 5.55. The van der Waals surface area contributed by atoms with Crippen molar-refractivity contribution in [2.45, 2.75) is 19.1 Å². The molecule has 0 aliphatic carbocycles. The van der Waals surface area contributed by atoms with Gasteiger partial charge < -0.3 is 15.0 Å². The Balaban J connectivity index is 1.36. The van der Waals surface area contributed by atoms with Gasteiger partial charge in [0.2, 0.25) is 5.88 Å². The van der Waals surface area contributed by atoms with Gasteiger partial charge in [-0.3, -0.25) is 0 Å². The maximum atomic E-state index is 6.09. The Bertz CT molecular complexity index is 1170. The quantitative estimate of drug-likeness (QED) is 0.434. The Hall–Kier alpha value is -3.31. The molecule has 1 aliphatic heterocycles. The highest BCUT2D eigenvalue weighted by Gasteiger charge is 2.26. The Morgan fingerprint density at radius 1 is 1.03 bits per heavy atom. The highest BCUT2D eigenvalue weighted by atomic mass is 35.5. The van der Waals surface area contributed by atoms with Gasteiger partial charge in [0, 0.05) is 53.9 Å². The molecule has 6 heteroatoms. The number of anilines is 2. The molecule has 0 amide bonds. The average molecular weight is 431 g/mol. The number of rotatable bonds is 6. The smallest absolute Gasteiger partial charge is 0.213 e. The van der Waals surface area contributed by atoms with E-state index in [4.69, 9.17) is 21.3 Å². The van der Waals surface area contributed by atoms with Crippen LogP contribution >= 0.6 is 11.6 Å². The molecule has 1 N–H and O–H groups in total. The summed E-state index contributed by atoms with van der Waals surface area (Å²) in [6.45, 7) is 2.44. The SMILES string of the molecule is Clc1ccc(CNc2cc(N3CC[C@@H](Oc4ccccn4)C3)c3ccccc3n2)cc1. The van der Waals surface area contributed by atoms with Crippen molar-refractivity contribution in [1.82, 2.24) is 9.97 Å². The lowest BCUT2D eigenvalue weighted by molar-refractivity contribution is 0.216. The van der Waals surface area contributed by atoms with Crippen LogP contribution in [0.3, 0.4) is 0 Å². The summed E-state index contributed by atoms with van der Waals surface area (Å²) in [6, 6.07) is 24.0. The first-order chi connectivity index (χ1) is 15.2. The number of nitrogens with zero attached hydrogens (tertiary/aromatic N) is 3. The molecule has 1 aliphatic rings. The van der Waals surface area contributed by atoms with Crippen LogP contribution in [0.1, 0.15) is 12.0 Å². The van der Waals surface area contributed by atoms with Gasteiger partial charge in [0.05, 0.1) is 12.1 Å². The third kappa shape index (κ3) is 4.57. The Labute approximate surface area is 186 Å². The van der Waals surface area contributed by atoms with Gasteiger partial charge >= 0.3 is 0 Å². The van der Waals surface area contributed by atoms with E-state index < -0.39 is 0 Å². The second kappa shape index (κ2) is 8.82. The van der Waals surface area contributed by atoms with Crippen molar-refractivity contribution < 1.29 is 4.74 Å². The number of para-hydroxylation sites is 1. The summed E-state index contributed by atoms with van der Waals surface area (Å²) < 4.78 is 6.09. The molecular formula is C25H23ClN4O. The van der Waals surface area contributed by atoms with E-state index in [1.54, 1.807) is 6.20 Å². The van der Waals surface area contributed by atoms with E-state index in [-0.39, 0.29) is 6.10 Å². The molecule has 0 saturated carbocycles. The van der Waals surface area contributed by atoms with Crippen molar-refractivity contribution >= 4 is 34.0 Å². The first-order valence-electron chi connectivity index (χ1n) is 10.5. The second-order valence-electron chi connectivity index (χ2n) is 7.67. The summed E-state index contributed by atoms with van der Waals surface area (Å²) in [5.74, 6) is 1.54. The molecule has 1 saturated heterocycles. The van der Waals surface area contributed by atoms with Gasteiger partial charge in [-0.05, 0) is 29.8 Å². The van der Waals surface area contributed by atoms with Crippen LogP contribution in [0, 0.1) is 0 Å². The number of benzene rings is 2. The molecule has 1 fully saturated rings. The van der Waals surface area contributed by atoms with Crippen LogP contribution in [0.15, 0.2) is 79.0 Å². The number of halogens is 1. The fourth-order valence-electron chi connectivity index (χ4n) is 3.93. The van der Waals surface area contributed by atoms with Gasteiger partial charge in [-0.15, -0.1) is 0 Å². The van der Waals surface area contributed by atoms with E-state index in [0.29, 0.717) is 12.4 Å². The van der Waals surface area contributed by atoms with Gasteiger partial charge in [0.15, 0.2) is 0 Å². The fraction of sp³-hybridized carbons (Fsp3) is 0.200. The average Bonchev–Trinajstić information content (AvgIpc) is 3.27. The first kappa shape index (κ1) is 19.6. The van der Waals surface area contributed by atoms with Crippen LogP contribution in [0.4, 0.5) is 11.5 Å². The van der Waals surface area contributed by atoms with Crippen molar-refractivity contribution in [2.75, 3.05) is 23.3 Å². The standard InChI is InChI=1S/C25H23ClN4O/c26-19-10-8-18(9-11-19)16-28-24-15-23(21-5-1-2-6-22(21)29-24)30-14-12-20(17-30)31-25-7-3-4-13-27-25/h1-11,13,15,20H,12,14,16-17H2,(H,28,29)/t20-/m1/s1. The van der Waals surface area contributed by atoms with Crippen LogP contribution in [0.2, 0.25) is 5.02 Å². The zero-order valence-electron chi connectivity index (χ0n) is 17.0. The predicted molar refractivity (Wildman–Crippen MR) is 126 cm³/mol. The molecule has 0 unspecified atom stereocenters. The third-order valence-corrected chi connectivity index (χ3v) is 5.74. The molecule has 3 heterocycles. The molecule has 0 bridgehead atoms. The minimum Gasteiger partial charge on any atom is -0.472 e. The minimum absolute atomic E-state index is 0.118. The highest BCUT2D eigenvalue weighted by Crippen LogP contribution is 2.32. The largest absolute Gasteiger partial charge is 0.472 e. The van der Waals surface area contributed by atoms with Crippen LogP contribution in [-0.4, -0.2) is 29.2 Å². The minimum atomic E-state index is 0.118. The molecule has 31 heavy (non-hydrogen) atoms. The first-order valence-corrected chi connectivity index (χ1v) is 10.8. The van der Waals surface area contributed by atoms with E-state index in [1.807, 2.05) is 48.5 Å². The Morgan fingerprint density at radius 3 is 2.71 bits per heavy atom. The van der Waals surface area contributed by atoms with Crippen molar-refractivity contribution in [3.05, 3.63) is 89.6 Å². The lowest BCUT2D eigenvalue weighted by atomic mass is 10.1. The number of fused-ring (bicyclic) bond motifs is 1. The van der Waals surface area contributed by atoms with Crippen LogP contribution in [0.5, 0.6) is 5.88 Å². The van der Waals surface area contributed by atoms with Gasteiger partial charge in [0.25, 0.3) is 0 Å². The van der Waals surface area contributed by atoms with Crippen LogP contribution in [-0.2, 0) is 6.54 Å². The molecule has 5 rings (SSSR count). The summed E-state index contributed by atoms with van der Waals surface area (Å²) in [4.78, 5) is 11.5. The van der Waals surface area contributed by atoms with E-state index in [9.17, 15) is 0 Å². The number of pyridine rings is 2. The summed E-state index contributed by atoms with van der Waals surface area (Å²) in [6.07, 6.45) is 2.84. The van der Waals surface area contributed by atoms with Crippen molar-refractivity contribution in [1.29, 1.82) is 0 Å². The molecule has 2 aromatic heterocycles. The van der Waals surface area contributed by atoms with E-state index >= 15 is 0 Å². The van der Waals surface area contributed by atoms with E-state index in [0.717, 1.165) is 46.8 Å². The number of hydrogen-bond acceptors (Lipinski definition) is 5. The lowest BCUT2D eigenvalue weighted by Gasteiger charge is -2.22. The van der Waals surface area contributed by atoms with Gasteiger partial charge in [-0.1, -0.05) is 48.0 Å². The van der Waals surface area contributed by atoms with E-state index in [2.05, 4.69) is 39.5 Å². The summed E-state index contributed by atoms with van der Waals surface area (Å²) in [7, 11) is 0. The highest BCUT2D eigenvalue weighted by molar-refractivity contribution is 6.30. The topological polar surface area (TPSA) is 50.3 Å². The van der Waals surface area contributed by atoms with Crippen molar-refractivity contribution in [2.24, 2.45) is 0 Å². The van der Waals surface area contributed by atoms with Crippen molar-refractivity contribution in [3.8, 4) is 5.88 Å². The maximum absolute atomic E-state index is 6.09. The summed E-state index contributed by atoms with van der Waals surface area (Å²) in [5, 5.41) is 5.36. The molecule has 1 atom stereocenters. The third-order valence-electron chi connectivity index (χ3n) is 5.49. The van der Waals surface area contributed by atoms with Gasteiger partial charge in [0.1, 0.15) is 11.9 Å². The number of hydrogen-bond donors (Lipinski definition) is 1. The Kier molecular flexibility index (Phi) is 5.59. The second-order valence-corrected chi connectivity index (χ2v) is 8.10. The molecule has 4 aromatic rings. The fourth-order valence-corrected chi connectivity index (χ4v) is 4.06. The monoisotopic (exact) mass is 430 g/mol. The summed E-state index contributed by atoms with van der Waals surface area (Å²) >= 11 is 6.00. The van der Waals surface area contributed by atoms with Crippen molar-refractivity contribution in [3.63, 3.8) is 0 Å². The molecule has 0 spiro atoms. The van der Waals surface area contributed by atoms with Crippen LogP contribution in [0.25, 0.3) is 10.9 Å². The molecular weight excluding hydrogens is 408 g/mol. The zero-order valence-corrected chi connectivity index (χ0v) is 17.8. The van der Waals surface area contributed by atoms with Crippen LogP contribution < -0.4 is 15.0 Å². The maximum Gasteiger partial charge on any atom is 0.213 e.